The lowest BCUT2D eigenvalue weighted by Gasteiger charge is -2.41. The van der Waals surface area contributed by atoms with E-state index in [0.717, 1.165) is 36.8 Å². The van der Waals surface area contributed by atoms with Crippen molar-refractivity contribution in [1.29, 1.82) is 0 Å². The lowest BCUT2D eigenvalue weighted by molar-refractivity contribution is -0.112. The maximum Gasteiger partial charge on any atom is 0.275 e. The third-order valence-corrected chi connectivity index (χ3v) is 7.17. The standard InChI is InChI=1S/C23H25N9O2S/c1-34-10-14-7-31(8-14)19-6-24-16(4-5-18(19)32-9-17(26-13-32)15-2-3-15)22(33)28-20-11-35-23(29-20)21-25-12-27-30-21/h4,6,9,11-15H,2-3,5,7-8,10H2,1H3,(H,28,33)(H,25,27,30). The Bertz CT molecular complexity index is 1310. The number of aromatic nitrogens is 6. The van der Waals surface area contributed by atoms with Crippen LogP contribution in [0.3, 0.4) is 0 Å². The zero-order valence-electron chi connectivity index (χ0n) is 19.2. The second kappa shape index (κ2) is 9.19. The summed E-state index contributed by atoms with van der Waals surface area (Å²) < 4.78 is 7.40. The molecule has 2 N–H and O–H groups in total. The second-order valence-corrected chi connectivity index (χ2v) is 9.77. The van der Waals surface area contributed by atoms with Crippen molar-refractivity contribution >= 4 is 35.0 Å². The number of anilines is 1. The molecular weight excluding hydrogens is 466 g/mol. The van der Waals surface area contributed by atoms with Crippen LogP contribution in [0.25, 0.3) is 16.5 Å². The minimum absolute atomic E-state index is 0.304. The Labute approximate surface area is 205 Å². The number of hydrogen-bond acceptors (Lipinski definition) is 9. The van der Waals surface area contributed by atoms with Gasteiger partial charge in [-0.25, -0.2) is 19.9 Å². The van der Waals surface area contributed by atoms with E-state index in [1.54, 1.807) is 18.7 Å². The minimum atomic E-state index is -0.304. The molecule has 2 aliphatic heterocycles. The number of carbonyl (C=O) groups is 1. The van der Waals surface area contributed by atoms with Gasteiger partial charge in [0, 0.05) is 50.0 Å². The number of rotatable bonds is 8. The molecule has 3 aliphatic rings. The summed E-state index contributed by atoms with van der Waals surface area (Å²) in [5.41, 5.74) is 3.56. The highest BCUT2D eigenvalue weighted by molar-refractivity contribution is 7.13. The molecule has 35 heavy (non-hydrogen) atoms. The molecule has 1 aliphatic carbocycles. The maximum atomic E-state index is 13.0. The van der Waals surface area contributed by atoms with Crippen LogP contribution >= 0.6 is 11.3 Å². The average molecular weight is 492 g/mol. The van der Waals surface area contributed by atoms with Crippen LogP contribution in [0.15, 0.2) is 46.7 Å². The van der Waals surface area contributed by atoms with Crippen molar-refractivity contribution in [2.75, 3.05) is 32.1 Å². The summed E-state index contributed by atoms with van der Waals surface area (Å²) in [5, 5.41) is 11.9. The van der Waals surface area contributed by atoms with Crippen LogP contribution < -0.4 is 5.32 Å². The number of carbonyl (C=O) groups excluding carboxylic acids is 1. The van der Waals surface area contributed by atoms with E-state index in [0.29, 0.717) is 40.6 Å². The van der Waals surface area contributed by atoms with Gasteiger partial charge in [-0.15, -0.1) is 11.3 Å². The summed E-state index contributed by atoms with van der Waals surface area (Å²) in [6, 6.07) is 0. The summed E-state index contributed by atoms with van der Waals surface area (Å²) in [4.78, 5) is 33.0. The molecule has 6 rings (SSSR count). The predicted octanol–water partition coefficient (Wildman–Crippen LogP) is 2.75. The maximum absolute atomic E-state index is 13.0. The normalized spacial score (nSPS) is 18.4. The van der Waals surface area contributed by atoms with Crippen molar-refractivity contribution in [2.45, 2.75) is 25.2 Å². The van der Waals surface area contributed by atoms with Crippen LogP contribution in [-0.2, 0) is 9.53 Å². The monoisotopic (exact) mass is 491 g/mol. The van der Waals surface area contributed by atoms with Crippen molar-refractivity contribution in [1.82, 2.24) is 34.6 Å². The van der Waals surface area contributed by atoms with Gasteiger partial charge in [-0.1, -0.05) is 0 Å². The molecule has 1 amide bonds. The van der Waals surface area contributed by atoms with E-state index in [9.17, 15) is 4.79 Å². The van der Waals surface area contributed by atoms with Crippen LogP contribution in [-0.4, -0.2) is 73.5 Å². The SMILES string of the molecule is COCC1CN(C2=C(n3cnc(C4CC4)c3)CC=C(C(=O)Nc3csc(-c4ncn[nH]4)n3)N=C2)C1. The van der Waals surface area contributed by atoms with Gasteiger partial charge in [0.05, 0.1) is 36.2 Å². The Morgan fingerprint density at radius 2 is 2.20 bits per heavy atom. The molecule has 0 spiro atoms. The van der Waals surface area contributed by atoms with Gasteiger partial charge in [-0.05, 0) is 18.9 Å². The molecule has 11 nitrogen and oxygen atoms in total. The number of likely N-dealkylation sites (tertiary alicyclic amines) is 1. The zero-order valence-corrected chi connectivity index (χ0v) is 20.0. The van der Waals surface area contributed by atoms with E-state index >= 15 is 0 Å². The van der Waals surface area contributed by atoms with E-state index in [1.165, 1.54) is 30.5 Å². The number of thiazole rings is 1. The molecule has 12 heteroatoms. The predicted molar refractivity (Wildman–Crippen MR) is 132 cm³/mol. The Balaban J connectivity index is 1.21. The number of hydrogen-bond donors (Lipinski definition) is 2. The smallest absolute Gasteiger partial charge is 0.275 e. The number of H-pyrrole nitrogens is 1. The fourth-order valence-electron chi connectivity index (χ4n) is 4.32. The van der Waals surface area contributed by atoms with Gasteiger partial charge in [-0.3, -0.25) is 9.89 Å². The molecule has 3 aromatic heterocycles. The van der Waals surface area contributed by atoms with Crippen molar-refractivity contribution in [3.05, 3.63) is 47.4 Å². The quantitative estimate of drug-likeness (QED) is 0.496. The topological polar surface area (TPSA) is 126 Å². The Morgan fingerprint density at radius 1 is 1.31 bits per heavy atom. The van der Waals surface area contributed by atoms with Gasteiger partial charge in [0.15, 0.2) is 10.8 Å². The van der Waals surface area contributed by atoms with Crippen LogP contribution in [0.4, 0.5) is 5.82 Å². The molecule has 0 unspecified atom stereocenters. The molecule has 0 bridgehead atoms. The molecule has 0 aromatic carbocycles. The fraction of sp³-hybridized carbons (Fsp3) is 0.391. The number of methoxy groups -OCH3 is 1. The first-order valence-electron chi connectivity index (χ1n) is 11.6. The highest BCUT2D eigenvalue weighted by Crippen LogP contribution is 2.39. The summed E-state index contributed by atoms with van der Waals surface area (Å²) in [7, 11) is 1.73. The van der Waals surface area contributed by atoms with Crippen LogP contribution in [0.2, 0.25) is 0 Å². The van der Waals surface area contributed by atoms with E-state index in [-0.39, 0.29) is 5.91 Å². The highest BCUT2D eigenvalue weighted by atomic mass is 32.1. The van der Waals surface area contributed by atoms with Crippen molar-refractivity contribution in [2.24, 2.45) is 10.9 Å². The summed E-state index contributed by atoms with van der Waals surface area (Å²) in [5.74, 6) is 1.78. The fourth-order valence-corrected chi connectivity index (χ4v) is 5.02. The molecular formula is C23H25N9O2S. The number of imidazole rings is 1. The molecule has 0 radical (unpaired) electrons. The number of allylic oxidation sites excluding steroid dienone is 3. The lowest BCUT2D eigenvalue weighted by atomic mass is 9.99. The molecule has 0 atom stereocenters. The summed E-state index contributed by atoms with van der Waals surface area (Å²) in [6.07, 6.45) is 12.0. The van der Waals surface area contributed by atoms with Crippen molar-refractivity contribution in [3.63, 3.8) is 0 Å². The Morgan fingerprint density at radius 3 is 2.97 bits per heavy atom. The number of aliphatic imine (C=N–C) groups is 1. The number of aromatic amines is 1. The molecule has 180 valence electrons. The number of nitrogens with one attached hydrogen (secondary N) is 2. The van der Waals surface area contributed by atoms with Gasteiger partial charge >= 0.3 is 0 Å². The zero-order chi connectivity index (χ0) is 23.8. The van der Waals surface area contributed by atoms with Gasteiger partial charge in [-0.2, -0.15) is 5.10 Å². The summed E-state index contributed by atoms with van der Waals surface area (Å²) >= 11 is 1.37. The van der Waals surface area contributed by atoms with Crippen molar-refractivity contribution < 1.29 is 9.53 Å². The first-order valence-corrected chi connectivity index (χ1v) is 12.4. The number of ether oxygens (including phenoxy) is 1. The van der Waals surface area contributed by atoms with E-state index in [4.69, 9.17) is 4.74 Å². The van der Waals surface area contributed by atoms with Crippen LogP contribution in [0, 0.1) is 5.92 Å². The number of amides is 1. The second-order valence-electron chi connectivity index (χ2n) is 8.92. The molecule has 3 aromatic rings. The van der Waals surface area contributed by atoms with Crippen LogP contribution in [0.1, 0.15) is 30.9 Å². The third kappa shape index (κ3) is 4.54. The van der Waals surface area contributed by atoms with Gasteiger partial charge < -0.3 is 19.5 Å². The largest absolute Gasteiger partial charge is 0.384 e. The third-order valence-electron chi connectivity index (χ3n) is 6.32. The first kappa shape index (κ1) is 21.9. The summed E-state index contributed by atoms with van der Waals surface area (Å²) in [6.45, 7) is 2.53. The van der Waals surface area contributed by atoms with E-state index in [1.807, 2.05) is 12.4 Å². The molecule has 1 saturated heterocycles. The highest BCUT2D eigenvalue weighted by Gasteiger charge is 2.31. The van der Waals surface area contributed by atoms with Gasteiger partial charge in [0.25, 0.3) is 5.91 Å². The Hall–Kier alpha value is -3.64. The molecule has 5 heterocycles. The van der Waals surface area contributed by atoms with E-state index in [2.05, 4.69) is 51.1 Å². The van der Waals surface area contributed by atoms with Crippen molar-refractivity contribution in [3.8, 4) is 10.8 Å². The minimum Gasteiger partial charge on any atom is -0.384 e. The molecule has 2 fully saturated rings. The van der Waals surface area contributed by atoms with Gasteiger partial charge in [0.2, 0.25) is 0 Å². The number of nitrogens with zero attached hydrogens (tertiary/aromatic N) is 7. The Kier molecular flexibility index (Phi) is 5.74. The first-order chi connectivity index (χ1) is 17.2. The average Bonchev–Trinajstić information content (AvgIpc) is 3.20. The van der Waals surface area contributed by atoms with Crippen LogP contribution in [0.5, 0.6) is 0 Å². The molecule has 1 saturated carbocycles. The lowest BCUT2D eigenvalue weighted by Crippen LogP contribution is -2.48. The van der Waals surface area contributed by atoms with Gasteiger partial charge in [0.1, 0.15) is 17.8 Å². The van der Waals surface area contributed by atoms with E-state index < -0.39 is 0 Å².